The number of halogens is 1. The molecule has 182 valence electrons. The predicted molar refractivity (Wildman–Crippen MR) is 132 cm³/mol. The maximum absolute atomic E-state index is 13.6. The molecule has 0 N–H and O–H groups in total. The van der Waals surface area contributed by atoms with Gasteiger partial charge in [0.2, 0.25) is 0 Å². The lowest BCUT2D eigenvalue weighted by Crippen LogP contribution is -2.53. The molecule has 9 heteroatoms. The van der Waals surface area contributed by atoms with Gasteiger partial charge in [0.05, 0.1) is 20.4 Å². The van der Waals surface area contributed by atoms with Crippen LogP contribution in [0.1, 0.15) is 18.5 Å². The molecule has 1 saturated heterocycles. The van der Waals surface area contributed by atoms with E-state index in [1.807, 2.05) is 46.8 Å². The largest absolute Gasteiger partial charge is 0.493 e. The molecular weight excluding hydrogens is 449 g/mol. The van der Waals surface area contributed by atoms with Crippen LogP contribution in [0.5, 0.6) is 11.5 Å². The Morgan fingerprint density at radius 1 is 1.00 bits per heavy atom. The second-order valence-electron chi connectivity index (χ2n) is 8.54. The van der Waals surface area contributed by atoms with E-state index in [2.05, 4.69) is 10.00 Å². The Labute approximate surface area is 203 Å². The summed E-state index contributed by atoms with van der Waals surface area (Å²) in [4.78, 5) is 19.4. The summed E-state index contributed by atoms with van der Waals surface area (Å²) in [5.74, 6) is 1.73. The number of hydrogen-bond donors (Lipinski definition) is 0. The smallest absolute Gasteiger partial charge is 0.330 e. The minimum absolute atomic E-state index is 0.0877. The van der Waals surface area contributed by atoms with Crippen LogP contribution in [0, 0.1) is 5.82 Å². The van der Waals surface area contributed by atoms with Gasteiger partial charge in [-0.15, -0.1) is 0 Å². The zero-order valence-electron chi connectivity index (χ0n) is 20.0. The molecule has 0 bridgehead atoms. The number of allylic oxidation sites excluding steroid dienone is 2. The number of rotatable bonds is 4. The van der Waals surface area contributed by atoms with Gasteiger partial charge in [-0.25, -0.2) is 13.9 Å². The minimum Gasteiger partial charge on any atom is -0.493 e. The van der Waals surface area contributed by atoms with Crippen molar-refractivity contribution in [3.8, 4) is 11.5 Å². The average molecular weight is 478 g/mol. The number of methoxy groups -OCH3 is 2. The first-order chi connectivity index (χ1) is 17.0. The van der Waals surface area contributed by atoms with Gasteiger partial charge in [0, 0.05) is 49.2 Å². The molecule has 8 nitrogen and oxygen atoms in total. The van der Waals surface area contributed by atoms with Gasteiger partial charge in [-0.3, -0.25) is 4.90 Å². The molecule has 0 aliphatic carbocycles. The van der Waals surface area contributed by atoms with E-state index in [0.717, 1.165) is 16.9 Å². The van der Waals surface area contributed by atoms with Crippen molar-refractivity contribution >= 4 is 17.5 Å². The van der Waals surface area contributed by atoms with Gasteiger partial charge in [-0.1, -0.05) is 12.1 Å². The molecule has 1 fully saturated rings. The maximum atomic E-state index is 13.6. The van der Waals surface area contributed by atoms with E-state index in [1.54, 1.807) is 37.4 Å². The molecule has 2 aliphatic heterocycles. The van der Waals surface area contributed by atoms with E-state index in [4.69, 9.17) is 9.47 Å². The molecule has 5 rings (SSSR count). The summed E-state index contributed by atoms with van der Waals surface area (Å²) in [6.45, 7) is 4.43. The van der Waals surface area contributed by atoms with Crippen molar-refractivity contribution < 1.29 is 18.7 Å². The zero-order valence-corrected chi connectivity index (χ0v) is 20.0. The Morgan fingerprint density at radius 2 is 1.74 bits per heavy atom. The highest BCUT2D eigenvalue weighted by molar-refractivity contribution is 5.95. The number of carbonyl (C=O) groups is 1. The van der Waals surface area contributed by atoms with Crippen LogP contribution in [-0.4, -0.2) is 61.1 Å². The van der Waals surface area contributed by atoms with Crippen molar-refractivity contribution in [2.75, 3.05) is 50.2 Å². The maximum Gasteiger partial charge on any atom is 0.330 e. The van der Waals surface area contributed by atoms with E-state index < -0.39 is 0 Å². The second kappa shape index (κ2) is 9.32. The molecule has 0 radical (unpaired) electrons. The van der Waals surface area contributed by atoms with E-state index in [1.165, 1.54) is 12.1 Å². The molecule has 3 heterocycles. The second-order valence-corrected chi connectivity index (χ2v) is 8.54. The van der Waals surface area contributed by atoms with E-state index in [-0.39, 0.29) is 17.9 Å². The van der Waals surface area contributed by atoms with Crippen molar-refractivity contribution in [2.45, 2.75) is 13.0 Å². The first-order valence-corrected chi connectivity index (χ1v) is 11.5. The molecule has 35 heavy (non-hydrogen) atoms. The standard InChI is InChI=1S/C26H28FN5O3/c1-18-17-22(21-5-4-6-23(34-2)25(21)35-3)32-24(11-12-28-32)31(18)26(33)30-15-13-29(14-16-30)20-9-7-19(27)8-10-20/h4-12,17,22H,13-16H2,1-3H3. The van der Waals surface area contributed by atoms with E-state index in [0.29, 0.717) is 43.5 Å². The van der Waals surface area contributed by atoms with Crippen LogP contribution in [0.3, 0.4) is 0 Å². The monoisotopic (exact) mass is 477 g/mol. The Bertz CT molecular complexity index is 1250. The van der Waals surface area contributed by atoms with Gasteiger partial charge >= 0.3 is 6.03 Å². The van der Waals surface area contributed by atoms with Gasteiger partial charge in [0.25, 0.3) is 0 Å². The van der Waals surface area contributed by atoms with Crippen molar-refractivity contribution in [3.63, 3.8) is 0 Å². The van der Waals surface area contributed by atoms with Gasteiger partial charge in [0.15, 0.2) is 11.5 Å². The SMILES string of the molecule is COc1cccc(C2C=C(C)N(C(=O)N3CCN(c4ccc(F)cc4)CC3)c3ccnn32)c1OC. The summed E-state index contributed by atoms with van der Waals surface area (Å²) >= 11 is 0. The number of aromatic nitrogens is 2. The third kappa shape index (κ3) is 4.07. The van der Waals surface area contributed by atoms with Crippen LogP contribution in [-0.2, 0) is 0 Å². The average Bonchev–Trinajstić information content (AvgIpc) is 3.37. The highest BCUT2D eigenvalue weighted by Crippen LogP contribution is 2.41. The topological polar surface area (TPSA) is 63.1 Å². The molecule has 2 aromatic carbocycles. The Morgan fingerprint density at radius 3 is 2.43 bits per heavy atom. The summed E-state index contributed by atoms with van der Waals surface area (Å²) in [6, 6.07) is 13.7. The van der Waals surface area contributed by atoms with Crippen LogP contribution in [0.25, 0.3) is 0 Å². The Balaban J connectivity index is 1.38. The highest BCUT2D eigenvalue weighted by atomic mass is 19.1. The fourth-order valence-corrected chi connectivity index (χ4v) is 4.82. The van der Waals surface area contributed by atoms with Crippen molar-refractivity contribution in [1.82, 2.24) is 14.7 Å². The number of carbonyl (C=O) groups excluding carboxylic acids is 1. The van der Waals surface area contributed by atoms with E-state index in [9.17, 15) is 9.18 Å². The molecule has 0 spiro atoms. The minimum atomic E-state index is -0.253. The molecule has 1 atom stereocenters. The molecule has 2 amide bonds. The summed E-state index contributed by atoms with van der Waals surface area (Å²) in [7, 11) is 3.23. The number of benzene rings is 2. The zero-order chi connectivity index (χ0) is 24.5. The number of ether oxygens (including phenoxy) is 2. The number of hydrogen-bond acceptors (Lipinski definition) is 5. The van der Waals surface area contributed by atoms with E-state index >= 15 is 0 Å². The van der Waals surface area contributed by atoms with Crippen LogP contribution >= 0.6 is 0 Å². The molecule has 3 aromatic rings. The summed E-state index contributed by atoms with van der Waals surface area (Å²) in [5.41, 5.74) is 2.68. The summed E-state index contributed by atoms with van der Waals surface area (Å²) in [5, 5.41) is 4.54. The van der Waals surface area contributed by atoms with Crippen LogP contribution in [0.15, 0.2) is 66.5 Å². The number of para-hydroxylation sites is 1. The molecule has 2 aliphatic rings. The van der Waals surface area contributed by atoms with Crippen molar-refractivity contribution in [2.24, 2.45) is 0 Å². The lowest BCUT2D eigenvalue weighted by Gasteiger charge is -2.40. The summed E-state index contributed by atoms with van der Waals surface area (Å²) in [6.07, 6.45) is 3.72. The number of anilines is 2. The quantitative estimate of drug-likeness (QED) is 0.561. The lowest BCUT2D eigenvalue weighted by atomic mass is 10.0. The van der Waals surface area contributed by atoms with Gasteiger partial charge in [-0.05, 0) is 43.3 Å². The van der Waals surface area contributed by atoms with Gasteiger partial charge in [-0.2, -0.15) is 5.10 Å². The van der Waals surface area contributed by atoms with Crippen LogP contribution < -0.4 is 19.3 Å². The number of amides is 2. The first kappa shape index (κ1) is 22.8. The highest BCUT2D eigenvalue weighted by Gasteiger charge is 2.34. The van der Waals surface area contributed by atoms with Gasteiger partial charge < -0.3 is 19.3 Å². The fraction of sp³-hybridized carbons (Fsp3) is 0.308. The number of piperazine rings is 1. The third-order valence-electron chi connectivity index (χ3n) is 6.58. The van der Waals surface area contributed by atoms with Crippen LogP contribution in [0.4, 0.5) is 20.7 Å². The number of urea groups is 1. The normalized spacial score (nSPS) is 17.7. The van der Waals surface area contributed by atoms with Crippen molar-refractivity contribution in [1.29, 1.82) is 0 Å². The van der Waals surface area contributed by atoms with Crippen molar-refractivity contribution in [3.05, 3.63) is 77.9 Å². The lowest BCUT2D eigenvalue weighted by molar-refractivity contribution is 0.202. The van der Waals surface area contributed by atoms with Gasteiger partial charge in [0.1, 0.15) is 17.7 Å². The first-order valence-electron chi connectivity index (χ1n) is 11.5. The Kier molecular flexibility index (Phi) is 6.07. The fourth-order valence-electron chi connectivity index (χ4n) is 4.82. The molecule has 0 saturated carbocycles. The Hall–Kier alpha value is -4.01. The predicted octanol–water partition coefficient (Wildman–Crippen LogP) is 4.29. The number of nitrogens with zero attached hydrogens (tertiary/aromatic N) is 5. The number of fused-ring (bicyclic) bond motifs is 1. The van der Waals surface area contributed by atoms with Crippen LogP contribution in [0.2, 0.25) is 0 Å². The molecule has 1 unspecified atom stereocenters. The summed E-state index contributed by atoms with van der Waals surface area (Å²) < 4.78 is 26.2. The molecule has 1 aromatic heterocycles. The molecular formula is C26H28FN5O3. The third-order valence-corrected chi connectivity index (χ3v) is 6.58.